The Balaban J connectivity index is 0.00000264. The number of nitrogens with zero attached hydrogens (tertiary/aromatic N) is 1. The summed E-state index contributed by atoms with van der Waals surface area (Å²) in [7, 11) is 0. The maximum Gasteiger partial charge on any atom is 0.247 e. The Morgan fingerprint density at radius 2 is 1.83 bits per heavy atom. The van der Waals surface area contributed by atoms with Crippen molar-refractivity contribution < 1.29 is 35.3 Å². The average molecular weight is 371 g/mol. The van der Waals surface area contributed by atoms with Crippen LogP contribution in [0.15, 0.2) is 36.4 Å². The van der Waals surface area contributed by atoms with E-state index < -0.39 is 11.6 Å². The molecule has 120 valence electrons. The standard InChI is InChI=1S/C17H15ClF2NO.Ti/c1-2-3-10-21(16-9-8-14(19)11-15(16)20)17(22)12-4-6-13(18)7-5-12;/h4-9H,2-3,10H2,1H3;/q-1;. The van der Waals surface area contributed by atoms with E-state index in [4.69, 9.17) is 11.6 Å². The normalized spacial score (nSPS) is 10.1. The van der Waals surface area contributed by atoms with Crippen LogP contribution in [0.1, 0.15) is 30.1 Å². The molecule has 0 unspecified atom stereocenters. The fourth-order valence-electron chi connectivity index (χ4n) is 2.04. The molecule has 0 aliphatic carbocycles. The molecule has 0 saturated heterocycles. The molecule has 0 bridgehead atoms. The summed E-state index contributed by atoms with van der Waals surface area (Å²) >= 11 is 5.81. The van der Waals surface area contributed by atoms with Crippen LogP contribution in [-0.2, 0) is 21.7 Å². The van der Waals surface area contributed by atoms with Crippen molar-refractivity contribution in [2.24, 2.45) is 0 Å². The van der Waals surface area contributed by atoms with E-state index in [1.807, 2.05) is 13.0 Å². The van der Waals surface area contributed by atoms with Crippen LogP contribution in [0, 0.1) is 17.7 Å². The summed E-state index contributed by atoms with van der Waals surface area (Å²) in [6.07, 6.45) is 1.55. The van der Waals surface area contributed by atoms with Crippen LogP contribution in [0.2, 0.25) is 5.02 Å². The smallest absolute Gasteiger partial charge is 0.247 e. The first-order chi connectivity index (χ1) is 10.5. The number of amides is 1. The van der Waals surface area contributed by atoms with Gasteiger partial charge in [0.2, 0.25) is 5.91 Å². The van der Waals surface area contributed by atoms with Crippen molar-refractivity contribution in [1.82, 2.24) is 0 Å². The molecule has 2 rings (SSSR count). The van der Waals surface area contributed by atoms with Crippen LogP contribution in [0.25, 0.3) is 0 Å². The summed E-state index contributed by atoms with van der Waals surface area (Å²) in [5.41, 5.74) is 0.416. The minimum Gasteiger partial charge on any atom is -0.359 e. The number of anilines is 1. The first kappa shape index (κ1) is 19.8. The molecule has 2 aromatic carbocycles. The first-order valence-corrected chi connectivity index (χ1v) is 7.35. The minimum atomic E-state index is -0.876. The van der Waals surface area contributed by atoms with Crippen molar-refractivity contribution in [1.29, 1.82) is 0 Å². The van der Waals surface area contributed by atoms with Gasteiger partial charge >= 0.3 is 0 Å². The predicted octanol–water partition coefficient (Wildman–Crippen LogP) is 4.86. The zero-order chi connectivity index (χ0) is 16.1. The third-order valence-electron chi connectivity index (χ3n) is 3.20. The molecule has 0 atom stereocenters. The fourth-order valence-corrected chi connectivity index (χ4v) is 2.17. The van der Waals surface area contributed by atoms with Crippen molar-refractivity contribution >= 4 is 23.2 Å². The zero-order valence-corrected chi connectivity index (χ0v) is 14.9. The molecule has 0 aromatic heterocycles. The van der Waals surface area contributed by atoms with E-state index in [0.29, 0.717) is 23.6 Å². The van der Waals surface area contributed by atoms with E-state index in [1.165, 1.54) is 11.0 Å². The molecular formula is C17H15ClF2NOTi-. The molecule has 2 nitrogen and oxygen atoms in total. The largest absolute Gasteiger partial charge is 0.359 e. The third-order valence-corrected chi connectivity index (χ3v) is 3.46. The summed E-state index contributed by atoms with van der Waals surface area (Å²) < 4.78 is 27.0. The van der Waals surface area contributed by atoms with E-state index >= 15 is 0 Å². The second kappa shape index (κ2) is 9.16. The molecule has 0 aliphatic heterocycles. The summed E-state index contributed by atoms with van der Waals surface area (Å²) in [6.45, 7) is 2.31. The molecular weight excluding hydrogens is 356 g/mol. The van der Waals surface area contributed by atoms with Gasteiger partial charge in [-0.15, -0.1) is 18.2 Å². The molecule has 0 N–H and O–H groups in total. The van der Waals surface area contributed by atoms with Crippen molar-refractivity contribution in [3.8, 4) is 0 Å². The van der Waals surface area contributed by atoms with Gasteiger partial charge in [0, 0.05) is 50.5 Å². The number of carbonyl (C=O) groups excluding carboxylic acids is 1. The predicted molar refractivity (Wildman–Crippen MR) is 83.2 cm³/mol. The number of rotatable bonds is 5. The van der Waals surface area contributed by atoms with Crippen molar-refractivity contribution in [2.45, 2.75) is 19.8 Å². The SMILES string of the molecule is CCCCN(C(=O)c1ccc(Cl)cc1)c1ccc(F)[c-]c1F.[Ti]. The summed E-state index contributed by atoms with van der Waals surface area (Å²) in [5, 5.41) is 0.512. The van der Waals surface area contributed by atoms with Crippen molar-refractivity contribution in [3.63, 3.8) is 0 Å². The summed E-state index contributed by atoms with van der Waals surface area (Å²) in [6, 6.07) is 10.7. The minimum absolute atomic E-state index is 0. The van der Waals surface area contributed by atoms with Gasteiger partial charge in [0.15, 0.2) is 0 Å². The Kier molecular flexibility index (Phi) is 7.90. The van der Waals surface area contributed by atoms with E-state index in [1.54, 1.807) is 24.3 Å². The maximum atomic E-state index is 14.0. The van der Waals surface area contributed by atoms with E-state index in [9.17, 15) is 13.6 Å². The second-order valence-corrected chi connectivity index (χ2v) is 5.26. The van der Waals surface area contributed by atoms with E-state index in [-0.39, 0.29) is 33.3 Å². The van der Waals surface area contributed by atoms with Crippen molar-refractivity contribution in [3.05, 3.63) is 64.7 Å². The number of unbranched alkanes of at least 4 members (excludes halogenated alkanes) is 1. The van der Waals surface area contributed by atoms with Crippen LogP contribution < -0.4 is 4.90 Å². The Labute approximate surface area is 154 Å². The molecule has 0 fully saturated rings. The van der Waals surface area contributed by atoms with Gasteiger partial charge in [0.1, 0.15) is 0 Å². The van der Waals surface area contributed by atoms with Gasteiger partial charge in [0.25, 0.3) is 0 Å². The fraction of sp³-hybridized carbons (Fsp3) is 0.235. The van der Waals surface area contributed by atoms with Gasteiger partial charge in [-0.05, 0) is 36.4 Å². The molecule has 1 amide bonds. The van der Waals surface area contributed by atoms with Gasteiger partial charge < -0.3 is 4.90 Å². The van der Waals surface area contributed by atoms with Crippen LogP contribution in [0.5, 0.6) is 0 Å². The molecule has 6 heteroatoms. The van der Waals surface area contributed by atoms with E-state index in [0.717, 1.165) is 12.5 Å². The Bertz CT molecular complexity index is 664. The van der Waals surface area contributed by atoms with Gasteiger partial charge in [-0.2, -0.15) is 0 Å². The van der Waals surface area contributed by atoms with Crippen LogP contribution >= 0.6 is 11.6 Å². The number of hydrogen-bond donors (Lipinski definition) is 0. The first-order valence-electron chi connectivity index (χ1n) is 6.97. The average Bonchev–Trinajstić information content (AvgIpc) is 2.49. The van der Waals surface area contributed by atoms with Crippen LogP contribution in [0.4, 0.5) is 14.5 Å². The molecule has 0 aliphatic rings. The monoisotopic (exact) mass is 370 g/mol. The van der Waals surface area contributed by atoms with Crippen LogP contribution in [0.3, 0.4) is 0 Å². The Morgan fingerprint density at radius 1 is 1.17 bits per heavy atom. The Morgan fingerprint density at radius 3 is 2.39 bits per heavy atom. The molecule has 0 spiro atoms. The van der Waals surface area contributed by atoms with Gasteiger partial charge in [0.05, 0.1) is 0 Å². The molecule has 2 aromatic rings. The third kappa shape index (κ3) is 5.13. The molecule has 23 heavy (non-hydrogen) atoms. The van der Waals surface area contributed by atoms with E-state index in [2.05, 4.69) is 0 Å². The summed E-state index contributed by atoms with van der Waals surface area (Å²) in [4.78, 5) is 13.9. The second-order valence-electron chi connectivity index (χ2n) is 4.82. The number of carbonyl (C=O) groups is 1. The van der Waals surface area contributed by atoms with Gasteiger partial charge in [-0.3, -0.25) is 4.79 Å². The molecule has 0 radical (unpaired) electrons. The number of hydrogen-bond acceptors (Lipinski definition) is 1. The molecule has 0 saturated carbocycles. The molecule has 0 heterocycles. The number of benzene rings is 2. The zero-order valence-electron chi connectivity index (χ0n) is 12.6. The quantitative estimate of drug-likeness (QED) is 0.543. The van der Waals surface area contributed by atoms with Crippen LogP contribution in [-0.4, -0.2) is 12.5 Å². The Hall–Kier alpha value is -1.23. The topological polar surface area (TPSA) is 20.3 Å². The van der Waals surface area contributed by atoms with Gasteiger partial charge in [-0.1, -0.05) is 24.9 Å². The number of halogens is 3. The van der Waals surface area contributed by atoms with Gasteiger partial charge in [-0.25, -0.2) is 8.78 Å². The van der Waals surface area contributed by atoms with Crippen molar-refractivity contribution in [2.75, 3.05) is 11.4 Å². The summed E-state index contributed by atoms with van der Waals surface area (Å²) in [5.74, 6) is -2.03. The maximum absolute atomic E-state index is 14.0.